The van der Waals surface area contributed by atoms with E-state index in [0.29, 0.717) is 13.2 Å². The molecule has 5 heteroatoms. The van der Waals surface area contributed by atoms with E-state index in [2.05, 4.69) is 20.8 Å². The number of aromatic nitrogens is 1. The van der Waals surface area contributed by atoms with Gasteiger partial charge in [-0.3, -0.25) is 10.2 Å². The van der Waals surface area contributed by atoms with Crippen LogP contribution in [0.4, 0.5) is 0 Å². The summed E-state index contributed by atoms with van der Waals surface area (Å²) in [7, 11) is 1.64. The molecular weight excluding hydrogens is 242 g/mol. The third kappa shape index (κ3) is 3.67. The number of ether oxygens (including phenoxy) is 1. The molecule has 0 unspecified atom stereocenters. The van der Waals surface area contributed by atoms with Gasteiger partial charge in [0.15, 0.2) is 0 Å². The number of nitrogens with one attached hydrogen (secondary N) is 1. The van der Waals surface area contributed by atoms with Crippen LogP contribution in [-0.2, 0) is 16.7 Å². The number of nitrogen functional groups attached to an aromatic ring is 1. The van der Waals surface area contributed by atoms with Crippen LogP contribution in [0.15, 0.2) is 16.9 Å². The third-order valence-electron chi connectivity index (χ3n) is 2.96. The monoisotopic (exact) mass is 265 g/mol. The van der Waals surface area contributed by atoms with Crippen LogP contribution in [-0.4, -0.2) is 24.1 Å². The highest BCUT2D eigenvalue weighted by molar-refractivity contribution is 5.94. The van der Waals surface area contributed by atoms with Crippen LogP contribution in [0.3, 0.4) is 0 Å². The first-order valence-electron chi connectivity index (χ1n) is 6.36. The Morgan fingerprint density at radius 1 is 1.42 bits per heavy atom. The number of rotatable bonds is 5. The van der Waals surface area contributed by atoms with E-state index >= 15 is 0 Å². The van der Waals surface area contributed by atoms with Crippen molar-refractivity contribution < 1.29 is 4.74 Å². The lowest BCUT2D eigenvalue weighted by Crippen LogP contribution is -2.35. The molecule has 0 radical (unpaired) electrons. The number of nitrogens with zero attached hydrogens (tertiary/aromatic N) is 1. The van der Waals surface area contributed by atoms with E-state index in [9.17, 15) is 4.79 Å². The first-order valence-corrected chi connectivity index (χ1v) is 6.36. The van der Waals surface area contributed by atoms with Gasteiger partial charge in [0.25, 0.3) is 5.56 Å². The molecule has 3 N–H and O–H groups in total. The van der Waals surface area contributed by atoms with E-state index < -0.39 is 0 Å². The van der Waals surface area contributed by atoms with Gasteiger partial charge in [0.2, 0.25) is 0 Å². The average molecular weight is 265 g/mol. The predicted molar refractivity (Wildman–Crippen MR) is 76.9 cm³/mol. The fourth-order valence-electron chi connectivity index (χ4n) is 2.03. The molecule has 0 atom stereocenters. The van der Waals surface area contributed by atoms with Crippen molar-refractivity contribution in [3.8, 4) is 0 Å². The van der Waals surface area contributed by atoms with Crippen molar-refractivity contribution >= 4 is 5.84 Å². The van der Waals surface area contributed by atoms with Gasteiger partial charge in [-0.05, 0) is 18.6 Å². The molecule has 0 amide bonds. The molecule has 0 bridgehead atoms. The molecule has 0 aliphatic carbocycles. The topological polar surface area (TPSA) is 81.1 Å². The second-order valence-electron chi connectivity index (χ2n) is 5.60. The highest BCUT2D eigenvalue weighted by Crippen LogP contribution is 2.21. The van der Waals surface area contributed by atoms with E-state index in [1.807, 2.05) is 6.07 Å². The Kier molecular flexibility index (Phi) is 4.89. The normalized spacial score (nSPS) is 11.6. The van der Waals surface area contributed by atoms with Crippen molar-refractivity contribution in [2.45, 2.75) is 39.2 Å². The molecule has 19 heavy (non-hydrogen) atoms. The molecule has 0 aliphatic heterocycles. The van der Waals surface area contributed by atoms with E-state index in [1.165, 1.54) is 0 Å². The van der Waals surface area contributed by atoms with E-state index in [4.69, 9.17) is 15.9 Å². The summed E-state index contributed by atoms with van der Waals surface area (Å²) in [6.07, 6.45) is 0.751. The molecule has 1 aromatic rings. The lowest BCUT2D eigenvalue weighted by molar-refractivity contribution is 0.189. The first-order chi connectivity index (χ1) is 8.79. The third-order valence-corrected chi connectivity index (χ3v) is 2.96. The molecule has 1 heterocycles. The van der Waals surface area contributed by atoms with Crippen LogP contribution in [0.5, 0.6) is 0 Å². The van der Waals surface area contributed by atoms with Crippen molar-refractivity contribution in [2.75, 3.05) is 13.7 Å². The van der Waals surface area contributed by atoms with Crippen LogP contribution >= 0.6 is 0 Å². The van der Waals surface area contributed by atoms with Gasteiger partial charge in [0.1, 0.15) is 5.84 Å². The molecule has 1 rings (SSSR count). The van der Waals surface area contributed by atoms with Crippen LogP contribution < -0.4 is 11.3 Å². The Balaban J connectivity index is 3.30. The minimum atomic E-state index is -0.198. The Bertz CT molecular complexity index is 512. The minimum Gasteiger partial charge on any atom is -0.385 e. The molecule has 1 aromatic heterocycles. The summed E-state index contributed by atoms with van der Waals surface area (Å²) < 4.78 is 6.73. The Morgan fingerprint density at radius 3 is 2.53 bits per heavy atom. The zero-order valence-electron chi connectivity index (χ0n) is 12.1. The van der Waals surface area contributed by atoms with Crippen molar-refractivity contribution in [1.29, 1.82) is 5.41 Å². The summed E-state index contributed by atoms with van der Waals surface area (Å²) >= 11 is 0. The fraction of sp³-hybridized carbons (Fsp3) is 0.571. The molecule has 0 spiro atoms. The maximum absolute atomic E-state index is 12.4. The van der Waals surface area contributed by atoms with Crippen molar-refractivity contribution in [2.24, 2.45) is 5.73 Å². The highest BCUT2D eigenvalue weighted by Gasteiger charge is 2.20. The van der Waals surface area contributed by atoms with Gasteiger partial charge in [-0.25, -0.2) is 0 Å². The summed E-state index contributed by atoms with van der Waals surface area (Å²) in [6, 6.07) is 3.52. The quantitative estimate of drug-likeness (QED) is 0.480. The van der Waals surface area contributed by atoms with Gasteiger partial charge in [-0.1, -0.05) is 20.8 Å². The SMILES string of the molecule is COCCCn1c(C(C)(C)C)ccc(C(=N)N)c1=O. The molecule has 0 fully saturated rings. The molecule has 0 aromatic carbocycles. The number of amidine groups is 1. The lowest BCUT2D eigenvalue weighted by atomic mass is 9.90. The fourth-order valence-corrected chi connectivity index (χ4v) is 2.03. The molecule has 0 aliphatic rings. The number of methoxy groups -OCH3 is 1. The Hall–Kier alpha value is -1.62. The van der Waals surface area contributed by atoms with Gasteiger partial charge in [0.05, 0.1) is 5.56 Å². The Labute approximate surface area is 113 Å². The maximum Gasteiger partial charge on any atom is 0.261 e. The van der Waals surface area contributed by atoms with Gasteiger partial charge >= 0.3 is 0 Å². The summed E-state index contributed by atoms with van der Waals surface area (Å²) in [4.78, 5) is 12.4. The zero-order valence-corrected chi connectivity index (χ0v) is 12.1. The summed E-state index contributed by atoms with van der Waals surface area (Å²) in [5.74, 6) is -0.189. The molecule has 0 saturated heterocycles. The van der Waals surface area contributed by atoms with E-state index in [0.717, 1.165) is 12.1 Å². The van der Waals surface area contributed by atoms with Gasteiger partial charge in [-0.15, -0.1) is 0 Å². The summed E-state index contributed by atoms with van der Waals surface area (Å²) in [5, 5.41) is 7.45. The van der Waals surface area contributed by atoms with Crippen molar-refractivity contribution in [3.63, 3.8) is 0 Å². The Morgan fingerprint density at radius 2 is 2.05 bits per heavy atom. The van der Waals surface area contributed by atoms with Gasteiger partial charge in [0, 0.05) is 31.4 Å². The maximum atomic E-state index is 12.4. The summed E-state index contributed by atoms with van der Waals surface area (Å²) in [5.41, 5.74) is 6.31. The average Bonchev–Trinajstić information content (AvgIpc) is 2.29. The van der Waals surface area contributed by atoms with Gasteiger partial charge < -0.3 is 15.0 Å². The second kappa shape index (κ2) is 6.02. The predicted octanol–water partition coefficient (Wildman–Crippen LogP) is 1.47. The van der Waals surface area contributed by atoms with Crippen molar-refractivity contribution in [3.05, 3.63) is 33.7 Å². The number of hydrogen-bond acceptors (Lipinski definition) is 3. The van der Waals surface area contributed by atoms with Gasteiger partial charge in [-0.2, -0.15) is 0 Å². The van der Waals surface area contributed by atoms with Crippen LogP contribution in [0.2, 0.25) is 0 Å². The molecule has 106 valence electrons. The van der Waals surface area contributed by atoms with E-state index in [1.54, 1.807) is 17.7 Å². The second-order valence-corrected chi connectivity index (χ2v) is 5.60. The van der Waals surface area contributed by atoms with E-state index in [-0.39, 0.29) is 22.4 Å². The number of hydrogen-bond donors (Lipinski definition) is 2. The highest BCUT2D eigenvalue weighted by atomic mass is 16.5. The summed E-state index contributed by atoms with van der Waals surface area (Å²) in [6.45, 7) is 7.34. The standard InChI is InChI=1S/C14H23N3O2/c1-14(2,3)11-7-6-10(12(15)16)13(18)17(11)8-5-9-19-4/h6-7H,5,8-9H2,1-4H3,(H3,15,16). The minimum absolute atomic E-state index is 0.137. The van der Waals surface area contributed by atoms with Crippen LogP contribution in [0.25, 0.3) is 0 Å². The van der Waals surface area contributed by atoms with Crippen LogP contribution in [0.1, 0.15) is 38.4 Å². The number of pyridine rings is 1. The number of nitrogens with two attached hydrogens (primary N) is 1. The zero-order chi connectivity index (χ0) is 14.6. The molecule has 5 nitrogen and oxygen atoms in total. The smallest absolute Gasteiger partial charge is 0.261 e. The molecule has 0 saturated carbocycles. The van der Waals surface area contributed by atoms with Crippen LogP contribution in [0, 0.1) is 5.41 Å². The largest absolute Gasteiger partial charge is 0.385 e. The van der Waals surface area contributed by atoms with Crippen molar-refractivity contribution in [1.82, 2.24) is 4.57 Å². The lowest BCUT2D eigenvalue weighted by Gasteiger charge is -2.24. The first kappa shape index (κ1) is 15.4. The molecular formula is C14H23N3O2.